The highest BCUT2D eigenvalue weighted by atomic mass is 16.1. The Kier molecular flexibility index (Phi) is 2.71. The van der Waals surface area contributed by atoms with Crippen LogP contribution in [-0.2, 0) is 0 Å². The van der Waals surface area contributed by atoms with Gasteiger partial charge in [-0.15, -0.1) is 0 Å². The lowest BCUT2D eigenvalue weighted by Gasteiger charge is -2.05. The van der Waals surface area contributed by atoms with E-state index in [1.54, 1.807) is 6.92 Å². The van der Waals surface area contributed by atoms with Crippen LogP contribution in [0.25, 0.3) is 0 Å². The van der Waals surface area contributed by atoms with E-state index < -0.39 is 0 Å². The molecule has 6 nitrogen and oxygen atoms in total. The van der Waals surface area contributed by atoms with Gasteiger partial charge in [0, 0.05) is 5.69 Å². The first kappa shape index (κ1) is 11.4. The maximum Gasteiger partial charge on any atom is 0.259 e. The van der Waals surface area contributed by atoms with E-state index in [9.17, 15) is 4.79 Å². The Morgan fingerprint density at radius 2 is 1.59 bits per heavy atom. The van der Waals surface area contributed by atoms with Crippen molar-refractivity contribution in [3.8, 4) is 0 Å². The van der Waals surface area contributed by atoms with Gasteiger partial charge in [0.05, 0.1) is 28.3 Å². The van der Waals surface area contributed by atoms with Crippen molar-refractivity contribution < 1.29 is 4.79 Å². The molecule has 0 aliphatic heterocycles. The summed E-state index contributed by atoms with van der Waals surface area (Å²) in [6.07, 6.45) is 0. The summed E-state index contributed by atoms with van der Waals surface area (Å²) in [7, 11) is 0. The summed E-state index contributed by atoms with van der Waals surface area (Å²) >= 11 is 0. The van der Waals surface area contributed by atoms with Gasteiger partial charge in [-0.05, 0) is 27.7 Å². The minimum Gasteiger partial charge on any atom is -0.319 e. The molecule has 0 unspecified atom stereocenters. The molecule has 2 heterocycles. The van der Waals surface area contributed by atoms with Crippen molar-refractivity contribution >= 4 is 11.6 Å². The molecule has 90 valence electrons. The van der Waals surface area contributed by atoms with Crippen LogP contribution in [0.15, 0.2) is 0 Å². The normalized spacial score (nSPS) is 10.6. The van der Waals surface area contributed by atoms with E-state index in [4.69, 9.17) is 0 Å². The number of aromatic amines is 2. The van der Waals surface area contributed by atoms with E-state index >= 15 is 0 Å². The Morgan fingerprint density at radius 1 is 1.00 bits per heavy atom. The average molecular weight is 233 g/mol. The van der Waals surface area contributed by atoms with Gasteiger partial charge < -0.3 is 5.32 Å². The van der Waals surface area contributed by atoms with E-state index in [1.165, 1.54) is 0 Å². The topological polar surface area (TPSA) is 86.5 Å². The van der Waals surface area contributed by atoms with Gasteiger partial charge in [-0.2, -0.15) is 10.2 Å². The Bertz CT molecular complexity index is 527. The van der Waals surface area contributed by atoms with Gasteiger partial charge >= 0.3 is 0 Å². The lowest BCUT2D eigenvalue weighted by molar-refractivity contribution is 0.102. The number of carbonyl (C=O) groups is 1. The van der Waals surface area contributed by atoms with E-state index in [-0.39, 0.29) is 5.91 Å². The highest BCUT2D eigenvalue weighted by Crippen LogP contribution is 2.18. The molecule has 2 aromatic heterocycles. The zero-order valence-corrected chi connectivity index (χ0v) is 10.3. The molecule has 0 saturated carbocycles. The predicted molar refractivity (Wildman–Crippen MR) is 64.1 cm³/mol. The number of aromatic nitrogens is 4. The SMILES string of the molecule is Cc1n[nH]c(C)c1NC(=O)c1c(C)n[nH]c1C. The first-order chi connectivity index (χ1) is 8.00. The minimum atomic E-state index is -0.165. The molecule has 0 aromatic carbocycles. The summed E-state index contributed by atoms with van der Waals surface area (Å²) in [5, 5.41) is 16.5. The molecule has 0 aliphatic rings. The van der Waals surface area contributed by atoms with Crippen molar-refractivity contribution in [1.82, 2.24) is 20.4 Å². The minimum absolute atomic E-state index is 0.165. The number of rotatable bonds is 2. The smallest absolute Gasteiger partial charge is 0.259 e. The highest BCUT2D eigenvalue weighted by Gasteiger charge is 2.17. The molecule has 0 spiro atoms. The van der Waals surface area contributed by atoms with E-state index in [1.807, 2.05) is 20.8 Å². The number of amides is 1. The fourth-order valence-electron chi connectivity index (χ4n) is 1.80. The Hall–Kier alpha value is -2.11. The lowest BCUT2D eigenvalue weighted by Crippen LogP contribution is -2.14. The third kappa shape index (κ3) is 1.93. The van der Waals surface area contributed by atoms with Crippen LogP contribution in [0.4, 0.5) is 5.69 Å². The standard InChI is InChI=1S/C11H15N5O/c1-5-9(6(2)14-13-5)11(17)12-10-7(3)15-16-8(10)4/h1-4H3,(H,12,17)(H,13,14)(H,15,16). The number of hydrogen-bond donors (Lipinski definition) is 3. The first-order valence-electron chi connectivity index (χ1n) is 5.35. The summed E-state index contributed by atoms with van der Waals surface area (Å²) < 4.78 is 0. The second-order valence-corrected chi connectivity index (χ2v) is 4.07. The van der Waals surface area contributed by atoms with Crippen LogP contribution in [0.1, 0.15) is 33.1 Å². The van der Waals surface area contributed by atoms with Crippen molar-refractivity contribution in [2.75, 3.05) is 5.32 Å². The molecule has 2 aromatic rings. The van der Waals surface area contributed by atoms with Gasteiger partial charge in [-0.25, -0.2) is 0 Å². The third-order valence-electron chi connectivity index (χ3n) is 2.72. The molecule has 0 bridgehead atoms. The molecule has 0 saturated heterocycles. The van der Waals surface area contributed by atoms with Crippen molar-refractivity contribution in [1.29, 1.82) is 0 Å². The number of carbonyl (C=O) groups excluding carboxylic acids is 1. The summed E-state index contributed by atoms with van der Waals surface area (Å²) in [6.45, 7) is 7.33. The summed E-state index contributed by atoms with van der Waals surface area (Å²) in [6, 6.07) is 0. The molecule has 0 aliphatic carbocycles. The van der Waals surface area contributed by atoms with Crippen LogP contribution in [-0.4, -0.2) is 26.3 Å². The summed E-state index contributed by atoms with van der Waals surface area (Å²) in [5.41, 5.74) is 4.39. The predicted octanol–water partition coefficient (Wildman–Crippen LogP) is 1.62. The van der Waals surface area contributed by atoms with Crippen LogP contribution < -0.4 is 5.32 Å². The van der Waals surface area contributed by atoms with E-state index in [0.29, 0.717) is 11.3 Å². The fourth-order valence-corrected chi connectivity index (χ4v) is 1.80. The van der Waals surface area contributed by atoms with Gasteiger partial charge in [-0.1, -0.05) is 0 Å². The van der Waals surface area contributed by atoms with E-state index in [2.05, 4.69) is 25.7 Å². The van der Waals surface area contributed by atoms with Crippen molar-refractivity contribution in [3.63, 3.8) is 0 Å². The van der Waals surface area contributed by atoms with Gasteiger partial charge in [0.15, 0.2) is 0 Å². The lowest BCUT2D eigenvalue weighted by atomic mass is 10.2. The van der Waals surface area contributed by atoms with Crippen LogP contribution in [0.5, 0.6) is 0 Å². The van der Waals surface area contributed by atoms with Crippen molar-refractivity contribution in [3.05, 3.63) is 28.3 Å². The highest BCUT2D eigenvalue weighted by molar-refractivity contribution is 6.06. The van der Waals surface area contributed by atoms with E-state index in [0.717, 1.165) is 22.8 Å². The monoisotopic (exact) mass is 233 g/mol. The molecule has 1 amide bonds. The molecule has 17 heavy (non-hydrogen) atoms. The molecule has 0 radical (unpaired) electrons. The maximum atomic E-state index is 12.1. The second kappa shape index (κ2) is 4.04. The van der Waals surface area contributed by atoms with Crippen LogP contribution in [0.2, 0.25) is 0 Å². The van der Waals surface area contributed by atoms with Gasteiger partial charge in [0.25, 0.3) is 5.91 Å². The molecule has 0 atom stereocenters. The molecule has 2 rings (SSSR count). The first-order valence-corrected chi connectivity index (χ1v) is 5.35. The Morgan fingerprint density at radius 3 is 2.06 bits per heavy atom. The molecular formula is C11H15N5O. The number of hydrogen-bond acceptors (Lipinski definition) is 3. The number of anilines is 1. The molecule has 6 heteroatoms. The van der Waals surface area contributed by atoms with Crippen molar-refractivity contribution in [2.45, 2.75) is 27.7 Å². The van der Waals surface area contributed by atoms with Gasteiger partial charge in [-0.3, -0.25) is 15.0 Å². The number of nitrogens with one attached hydrogen (secondary N) is 3. The maximum absolute atomic E-state index is 12.1. The number of aryl methyl sites for hydroxylation is 4. The Balaban J connectivity index is 2.29. The van der Waals surface area contributed by atoms with Crippen LogP contribution in [0, 0.1) is 27.7 Å². The molecular weight excluding hydrogens is 218 g/mol. The zero-order chi connectivity index (χ0) is 12.6. The number of H-pyrrole nitrogens is 2. The molecule has 0 fully saturated rings. The summed E-state index contributed by atoms with van der Waals surface area (Å²) in [4.78, 5) is 12.1. The number of nitrogens with zero attached hydrogens (tertiary/aromatic N) is 2. The van der Waals surface area contributed by atoms with Crippen LogP contribution in [0.3, 0.4) is 0 Å². The zero-order valence-electron chi connectivity index (χ0n) is 10.3. The Labute approximate surface area is 98.8 Å². The largest absolute Gasteiger partial charge is 0.319 e. The fraction of sp³-hybridized carbons (Fsp3) is 0.364. The van der Waals surface area contributed by atoms with Gasteiger partial charge in [0.1, 0.15) is 0 Å². The van der Waals surface area contributed by atoms with Crippen LogP contribution >= 0.6 is 0 Å². The third-order valence-corrected chi connectivity index (χ3v) is 2.72. The van der Waals surface area contributed by atoms with Crippen molar-refractivity contribution in [2.24, 2.45) is 0 Å². The average Bonchev–Trinajstić information content (AvgIpc) is 2.75. The quantitative estimate of drug-likeness (QED) is 0.736. The summed E-state index contributed by atoms with van der Waals surface area (Å²) in [5.74, 6) is -0.165. The second-order valence-electron chi connectivity index (χ2n) is 4.07. The van der Waals surface area contributed by atoms with Gasteiger partial charge in [0.2, 0.25) is 0 Å². The molecule has 3 N–H and O–H groups in total.